The Morgan fingerprint density at radius 2 is 1.90 bits per heavy atom. The molecular formula is C13H21NO4S2. The lowest BCUT2D eigenvalue weighted by Crippen LogP contribution is -2.28. The van der Waals surface area contributed by atoms with Crippen LogP contribution in [0.3, 0.4) is 0 Å². The van der Waals surface area contributed by atoms with Gasteiger partial charge in [0.25, 0.3) is 0 Å². The minimum Gasteiger partial charge on any atom is -0.462 e. The normalized spacial score (nSPS) is 12.4. The number of nitrogen functional groups attached to an aromatic ring is 1. The number of nitrogens with two attached hydrogens (primary N) is 1. The second kappa shape index (κ2) is 5.73. The Morgan fingerprint density at radius 3 is 2.30 bits per heavy atom. The molecule has 1 rings (SSSR count). The number of carbonyl (C=O) groups is 1. The summed E-state index contributed by atoms with van der Waals surface area (Å²) in [6, 6.07) is 0. The molecule has 0 radical (unpaired) electrons. The molecule has 1 aromatic rings. The number of ether oxygens (including phenoxy) is 1. The maximum absolute atomic E-state index is 12.0. The molecule has 0 aliphatic rings. The molecule has 0 aliphatic heterocycles. The minimum absolute atomic E-state index is 0.252. The summed E-state index contributed by atoms with van der Waals surface area (Å²) < 4.78 is 27.9. The van der Waals surface area contributed by atoms with Crippen molar-refractivity contribution >= 4 is 32.8 Å². The van der Waals surface area contributed by atoms with Crippen molar-refractivity contribution < 1.29 is 17.9 Å². The predicted octanol–water partition coefficient (Wildman–Crippen LogP) is 2.35. The van der Waals surface area contributed by atoms with Crippen LogP contribution in [0.25, 0.3) is 0 Å². The van der Waals surface area contributed by atoms with E-state index in [1.54, 1.807) is 20.8 Å². The van der Waals surface area contributed by atoms with Crippen LogP contribution in [-0.4, -0.2) is 27.2 Å². The Morgan fingerprint density at radius 1 is 1.35 bits per heavy atom. The molecule has 1 heterocycles. The fourth-order valence-electron chi connectivity index (χ4n) is 1.83. The van der Waals surface area contributed by atoms with Crippen LogP contribution in [0.4, 0.5) is 5.69 Å². The Balaban J connectivity index is 3.50. The molecule has 0 saturated carbocycles. The van der Waals surface area contributed by atoms with E-state index in [4.69, 9.17) is 10.5 Å². The second-order valence-electron chi connectivity index (χ2n) is 5.01. The van der Waals surface area contributed by atoms with Gasteiger partial charge in [0.05, 0.1) is 12.3 Å². The zero-order valence-corrected chi connectivity index (χ0v) is 14.1. The SMILES string of the molecule is CCOC(=O)c1sc(C(C)(C)S(C)(=O)=O)c(CC)c1N. The minimum atomic E-state index is -3.33. The number of hydrogen-bond acceptors (Lipinski definition) is 6. The van der Waals surface area contributed by atoms with Crippen molar-refractivity contribution in [3.63, 3.8) is 0 Å². The van der Waals surface area contributed by atoms with Crippen molar-refractivity contribution in [1.29, 1.82) is 0 Å². The van der Waals surface area contributed by atoms with Gasteiger partial charge >= 0.3 is 5.97 Å². The highest BCUT2D eigenvalue weighted by atomic mass is 32.2. The Kier molecular flexibility index (Phi) is 4.86. The zero-order valence-electron chi connectivity index (χ0n) is 12.4. The van der Waals surface area contributed by atoms with Gasteiger partial charge in [-0.3, -0.25) is 0 Å². The predicted molar refractivity (Wildman–Crippen MR) is 81.9 cm³/mol. The molecule has 2 N–H and O–H groups in total. The van der Waals surface area contributed by atoms with Crippen molar-refractivity contribution in [2.75, 3.05) is 18.6 Å². The number of carbonyl (C=O) groups excluding carboxylic acids is 1. The first-order valence-electron chi connectivity index (χ1n) is 6.36. The van der Waals surface area contributed by atoms with Gasteiger partial charge in [0, 0.05) is 11.1 Å². The van der Waals surface area contributed by atoms with Crippen LogP contribution in [-0.2, 0) is 25.7 Å². The highest BCUT2D eigenvalue weighted by Gasteiger charge is 2.38. The standard InChI is InChI=1S/C13H21NO4S2/c1-6-8-9(14)10(12(15)18-7-2)19-11(8)13(3,4)20(5,16)17/h6-7,14H2,1-5H3. The fourth-order valence-corrected chi connectivity index (χ4v) is 4.07. The molecule has 0 saturated heterocycles. The van der Waals surface area contributed by atoms with Crippen LogP contribution >= 0.6 is 11.3 Å². The fraction of sp³-hybridized carbons (Fsp3) is 0.615. The molecule has 114 valence electrons. The van der Waals surface area contributed by atoms with Crippen LogP contribution in [0.15, 0.2) is 0 Å². The summed E-state index contributed by atoms with van der Waals surface area (Å²) in [5, 5.41) is 0. The molecule has 0 spiro atoms. The quantitative estimate of drug-likeness (QED) is 0.842. The number of hydrogen-bond donors (Lipinski definition) is 1. The van der Waals surface area contributed by atoms with Gasteiger partial charge in [0.15, 0.2) is 9.84 Å². The van der Waals surface area contributed by atoms with Crippen LogP contribution in [0.5, 0.6) is 0 Å². The Labute approximate surface area is 124 Å². The monoisotopic (exact) mass is 319 g/mol. The van der Waals surface area contributed by atoms with Crippen molar-refractivity contribution in [2.45, 2.75) is 38.9 Å². The average Bonchev–Trinajstić information content (AvgIpc) is 2.65. The Hall–Kier alpha value is -1.08. The highest BCUT2D eigenvalue weighted by Crippen LogP contribution is 2.42. The van der Waals surface area contributed by atoms with Crippen LogP contribution in [0, 0.1) is 0 Å². The molecule has 0 atom stereocenters. The van der Waals surface area contributed by atoms with Gasteiger partial charge in [-0.25, -0.2) is 13.2 Å². The van der Waals surface area contributed by atoms with Crippen LogP contribution in [0.2, 0.25) is 0 Å². The third-order valence-electron chi connectivity index (χ3n) is 3.34. The maximum Gasteiger partial charge on any atom is 0.350 e. The van der Waals surface area contributed by atoms with E-state index in [0.29, 0.717) is 22.5 Å². The topological polar surface area (TPSA) is 86.5 Å². The number of sulfone groups is 1. The van der Waals surface area contributed by atoms with E-state index in [1.807, 2.05) is 6.92 Å². The molecule has 20 heavy (non-hydrogen) atoms. The third kappa shape index (κ3) is 2.83. The Bertz CT molecular complexity index is 615. The first-order chi connectivity index (χ1) is 9.07. The summed E-state index contributed by atoms with van der Waals surface area (Å²) in [6.07, 6.45) is 1.75. The molecule has 0 unspecified atom stereocenters. The maximum atomic E-state index is 12.0. The lowest BCUT2D eigenvalue weighted by molar-refractivity contribution is 0.0533. The van der Waals surface area contributed by atoms with Crippen LogP contribution < -0.4 is 5.73 Å². The van der Waals surface area contributed by atoms with Gasteiger partial charge < -0.3 is 10.5 Å². The number of rotatable bonds is 5. The summed E-state index contributed by atoms with van der Waals surface area (Å²) in [6.45, 7) is 7.10. The molecule has 0 fully saturated rings. The van der Waals surface area contributed by atoms with Gasteiger partial charge in [0.1, 0.15) is 9.62 Å². The number of anilines is 1. The van der Waals surface area contributed by atoms with Crippen molar-refractivity contribution in [2.24, 2.45) is 0 Å². The smallest absolute Gasteiger partial charge is 0.350 e. The summed E-state index contributed by atoms with van der Waals surface area (Å²) >= 11 is 1.11. The first kappa shape index (κ1) is 17.0. The molecule has 1 aromatic heterocycles. The first-order valence-corrected chi connectivity index (χ1v) is 9.07. The molecule has 5 nitrogen and oxygen atoms in total. The summed E-state index contributed by atoms with van der Waals surface area (Å²) in [7, 11) is -3.33. The van der Waals surface area contributed by atoms with E-state index in [2.05, 4.69) is 0 Å². The molecular weight excluding hydrogens is 298 g/mol. The zero-order chi connectivity index (χ0) is 15.7. The highest BCUT2D eigenvalue weighted by molar-refractivity contribution is 7.91. The van der Waals surface area contributed by atoms with Gasteiger partial charge in [0.2, 0.25) is 0 Å². The van der Waals surface area contributed by atoms with Gasteiger partial charge in [-0.15, -0.1) is 11.3 Å². The van der Waals surface area contributed by atoms with E-state index in [0.717, 1.165) is 11.3 Å². The lowest BCUT2D eigenvalue weighted by Gasteiger charge is -2.22. The van der Waals surface area contributed by atoms with E-state index in [9.17, 15) is 13.2 Å². The molecule has 0 bridgehead atoms. The summed E-state index contributed by atoms with van der Waals surface area (Å²) in [5.74, 6) is -0.500. The molecule has 0 aliphatic carbocycles. The van der Waals surface area contributed by atoms with Gasteiger partial charge in [-0.1, -0.05) is 6.92 Å². The number of thiophene rings is 1. The van der Waals surface area contributed by atoms with Crippen molar-refractivity contribution in [1.82, 2.24) is 0 Å². The van der Waals surface area contributed by atoms with Gasteiger partial charge in [-0.05, 0) is 32.8 Å². The van der Waals surface area contributed by atoms with E-state index >= 15 is 0 Å². The second-order valence-corrected chi connectivity index (χ2v) is 8.59. The van der Waals surface area contributed by atoms with E-state index < -0.39 is 20.6 Å². The summed E-state index contributed by atoms with van der Waals surface area (Å²) in [4.78, 5) is 12.8. The lowest BCUT2D eigenvalue weighted by atomic mass is 10.0. The largest absolute Gasteiger partial charge is 0.462 e. The molecule has 0 aromatic carbocycles. The van der Waals surface area contributed by atoms with Crippen molar-refractivity contribution in [3.05, 3.63) is 15.3 Å². The molecule has 0 amide bonds. The van der Waals surface area contributed by atoms with Crippen molar-refractivity contribution in [3.8, 4) is 0 Å². The average molecular weight is 319 g/mol. The summed E-state index contributed by atoms with van der Waals surface area (Å²) in [5.41, 5.74) is 7.05. The number of esters is 1. The van der Waals surface area contributed by atoms with E-state index in [1.165, 1.54) is 6.26 Å². The van der Waals surface area contributed by atoms with Crippen LogP contribution in [0.1, 0.15) is 47.8 Å². The van der Waals surface area contributed by atoms with E-state index in [-0.39, 0.29) is 11.5 Å². The molecule has 7 heteroatoms. The third-order valence-corrected chi connectivity index (χ3v) is 7.07. The van der Waals surface area contributed by atoms with Gasteiger partial charge in [-0.2, -0.15) is 0 Å².